The smallest absolute Gasteiger partial charge is 0.243 e. The molecule has 2 saturated heterocycles. The van der Waals surface area contributed by atoms with E-state index in [-0.39, 0.29) is 11.3 Å². The number of amides is 1. The zero-order chi connectivity index (χ0) is 19.9. The quantitative estimate of drug-likeness (QED) is 0.755. The molecule has 3 aliphatic heterocycles. The van der Waals surface area contributed by atoms with Crippen LogP contribution in [0.2, 0.25) is 0 Å². The highest BCUT2D eigenvalue weighted by Crippen LogP contribution is 2.41. The van der Waals surface area contributed by atoms with E-state index in [0.717, 1.165) is 37.2 Å². The molecule has 3 heterocycles. The summed E-state index contributed by atoms with van der Waals surface area (Å²) in [6.07, 6.45) is 2.16. The monoisotopic (exact) mass is 407 g/mol. The average Bonchev–Trinajstić information content (AvgIpc) is 3.29. The number of nitrogens with zero attached hydrogens (tertiary/aromatic N) is 3. The number of likely N-dealkylation sites (tertiary alicyclic amines) is 1. The molecule has 1 aromatic rings. The lowest BCUT2D eigenvalue weighted by molar-refractivity contribution is -0.128. The van der Waals surface area contributed by atoms with Crippen molar-refractivity contribution in [2.24, 2.45) is 0 Å². The minimum atomic E-state index is -3.53. The molecule has 0 bridgehead atoms. The molecule has 0 aliphatic carbocycles. The third-order valence-corrected chi connectivity index (χ3v) is 7.91. The van der Waals surface area contributed by atoms with Crippen LogP contribution >= 0.6 is 0 Å². The Balaban J connectivity index is 1.59. The van der Waals surface area contributed by atoms with Gasteiger partial charge in [0, 0.05) is 43.8 Å². The van der Waals surface area contributed by atoms with Crippen molar-refractivity contribution in [1.82, 2.24) is 9.21 Å². The van der Waals surface area contributed by atoms with Gasteiger partial charge in [0.2, 0.25) is 15.9 Å². The summed E-state index contributed by atoms with van der Waals surface area (Å²) in [5.41, 5.74) is 1.76. The van der Waals surface area contributed by atoms with Crippen LogP contribution in [0.5, 0.6) is 0 Å². The van der Waals surface area contributed by atoms with Gasteiger partial charge in [-0.2, -0.15) is 4.31 Å². The summed E-state index contributed by atoms with van der Waals surface area (Å²) < 4.78 is 32.8. The topological polar surface area (TPSA) is 70.2 Å². The summed E-state index contributed by atoms with van der Waals surface area (Å²) in [7, 11) is -3.53. The van der Waals surface area contributed by atoms with E-state index in [0.29, 0.717) is 44.3 Å². The SMILES string of the molecule is CC1(C)CN(CC(=O)N2CCCC2)c2ccc(S(=O)(=O)N3CCOCC3)cc21. The summed E-state index contributed by atoms with van der Waals surface area (Å²) >= 11 is 0. The van der Waals surface area contributed by atoms with Crippen LogP contribution in [0.1, 0.15) is 32.3 Å². The van der Waals surface area contributed by atoms with Crippen molar-refractivity contribution < 1.29 is 17.9 Å². The van der Waals surface area contributed by atoms with Crippen LogP contribution in [-0.4, -0.2) is 76.0 Å². The highest BCUT2D eigenvalue weighted by atomic mass is 32.2. The molecule has 0 atom stereocenters. The van der Waals surface area contributed by atoms with Crippen LogP contribution in [0, 0.1) is 0 Å². The molecular weight excluding hydrogens is 378 g/mol. The van der Waals surface area contributed by atoms with Gasteiger partial charge in [0.1, 0.15) is 0 Å². The highest BCUT2D eigenvalue weighted by Gasteiger charge is 2.38. The fraction of sp³-hybridized carbons (Fsp3) is 0.650. The molecule has 0 spiro atoms. The first kappa shape index (κ1) is 19.7. The van der Waals surface area contributed by atoms with Gasteiger partial charge < -0.3 is 14.5 Å². The Labute approximate surface area is 167 Å². The van der Waals surface area contributed by atoms with Crippen molar-refractivity contribution in [3.05, 3.63) is 23.8 Å². The van der Waals surface area contributed by atoms with Gasteiger partial charge in [-0.1, -0.05) is 13.8 Å². The number of sulfonamides is 1. The van der Waals surface area contributed by atoms with Crippen molar-refractivity contribution in [2.75, 3.05) is 57.4 Å². The standard InChI is InChI=1S/C20H29N3O4S/c1-20(2)15-22(14-19(24)21-7-3-4-8-21)18-6-5-16(13-17(18)20)28(25,26)23-9-11-27-12-10-23/h5-6,13H,3-4,7-12,14-15H2,1-2H3. The molecule has 7 nitrogen and oxygen atoms in total. The third kappa shape index (κ3) is 3.53. The molecule has 28 heavy (non-hydrogen) atoms. The van der Waals surface area contributed by atoms with Crippen molar-refractivity contribution in [1.29, 1.82) is 0 Å². The maximum Gasteiger partial charge on any atom is 0.243 e. The molecule has 1 aromatic carbocycles. The second-order valence-corrected chi connectivity index (χ2v) is 10.5. The van der Waals surface area contributed by atoms with E-state index in [9.17, 15) is 13.2 Å². The van der Waals surface area contributed by atoms with Gasteiger partial charge in [-0.05, 0) is 36.6 Å². The van der Waals surface area contributed by atoms with E-state index < -0.39 is 10.0 Å². The Morgan fingerprint density at radius 3 is 2.46 bits per heavy atom. The molecule has 154 valence electrons. The predicted molar refractivity (Wildman–Crippen MR) is 107 cm³/mol. The third-order valence-electron chi connectivity index (χ3n) is 6.02. The van der Waals surface area contributed by atoms with E-state index in [1.807, 2.05) is 11.0 Å². The van der Waals surface area contributed by atoms with Gasteiger partial charge in [0.05, 0.1) is 24.7 Å². The van der Waals surface area contributed by atoms with Crippen LogP contribution in [-0.2, 0) is 25.0 Å². The first-order valence-corrected chi connectivity index (χ1v) is 11.5. The van der Waals surface area contributed by atoms with Crippen LogP contribution in [0.25, 0.3) is 0 Å². The van der Waals surface area contributed by atoms with Crippen LogP contribution in [0.15, 0.2) is 23.1 Å². The van der Waals surface area contributed by atoms with Crippen molar-refractivity contribution in [2.45, 2.75) is 37.0 Å². The summed E-state index contributed by atoms with van der Waals surface area (Å²) in [6, 6.07) is 5.35. The minimum absolute atomic E-state index is 0.158. The van der Waals surface area contributed by atoms with Gasteiger partial charge in [-0.25, -0.2) is 8.42 Å². The molecule has 8 heteroatoms. The molecule has 0 saturated carbocycles. The van der Waals surface area contributed by atoms with E-state index in [1.54, 1.807) is 12.1 Å². The second kappa shape index (κ2) is 7.31. The zero-order valence-electron chi connectivity index (χ0n) is 16.7. The Morgan fingerprint density at radius 2 is 1.79 bits per heavy atom. The molecule has 1 amide bonds. The summed E-state index contributed by atoms with van der Waals surface area (Å²) in [6.45, 7) is 8.62. The zero-order valence-corrected chi connectivity index (χ0v) is 17.5. The van der Waals surface area contributed by atoms with E-state index in [2.05, 4.69) is 18.7 Å². The largest absolute Gasteiger partial charge is 0.379 e. The molecule has 0 aromatic heterocycles. The predicted octanol–water partition coefficient (Wildman–Crippen LogP) is 1.43. The van der Waals surface area contributed by atoms with E-state index in [4.69, 9.17) is 4.74 Å². The van der Waals surface area contributed by atoms with Gasteiger partial charge in [0.25, 0.3) is 0 Å². The molecule has 3 aliphatic rings. The summed E-state index contributed by atoms with van der Waals surface area (Å²) in [5.74, 6) is 0.158. The second-order valence-electron chi connectivity index (χ2n) is 8.52. The number of ether oxygens (including phenoxy) is 1. The first-order chi connectivity index (χ1) is 13.3. The van der Waals surface area contributed by atoms with Gasteiger partial charge >= 0.3 is 0 Å². The average molecular weight is 408 g/mol. The van der Waals surface area contributed by atoms with Crippen LogP contribution in [0.4, 0.5) is 5.69 Å². The fourth-order valence-electron chi connectivity index (χ4n) is 4.45. The number of hydrogen-bond acceptors (Lipinski definition) is 5. The molecular formula is C20H29N3O4S. The minimum Gasteiger partial charge on any atom is -0.379 e. The van der Waals surface area contributed by atoms with E-state index >= 15 is 0 Å². The van der Waals surface area contributed by atoms with Crippen LogP contribution < -0.4 is 4.90 Å². The maximum absolute atomic E-state index is 13.0. The van der Waals surface area contributed by atoms with Crippen molar-refractivity contribution in [3.8, 4) is 0 Å². The molecule has 4 rings (SSSR count). The molecule has 2 fully saturated rings. The molecule has 0 unspecified atom stereocenters. The molecule has 0 N–H and O–H groups in total. The number of morpholine rings is 1. The summed E-state index contributed by atoms with van der Waals surface area (Å²) in [4.78, 5) is 17.0. The Morgan fingerprint density at radius 1 is 1.11 bits per heavy atom. The number of hydrogen-bond donors (Lipinski definition) is 0. The first-order valence-electron chi connectivity index (χ1n) is 10.0. The number of carbonyl (C=O) groups is 1. The number of anilines is 1. The Bertz CT molecular complexity index is 856. The van der Waals surface area contributed by atoms with Gasteiger partial charge in [0.15, 0.2) is 0 Å². The normalized spacial score (nSPS) is 22.5. The van der Waals surface area contributed by atoms with Crippen molar-refractivity contribution in [3.63, 3.8) is 0 Å². The van der Waals surface area contributed by atoms with Crippen molar-refractivity contribution >= 4 is 21.6 Å². The lowest BCUT2D eigenvalue weighted by atomic mass is 9.87. The van der Waals surface area contributed by atoms with Gasteiger partial charge in [-0.15, -0.1) is 0 Å². The highest BCUT2D eigenvalue weighted by molar-refractivity contribution is 7.89. The van der Waals surface area contributed by atoms with E-state index in [1.165, 1.54) is 4.31 Å². The number of benzene rings is 1. The number of fused-ring (bicyclic) bond motifs is 1. The maximum atomic E-state index is 13.0. The number of rotatable bonds is 4. The lowest BCUT2D eigenvalue weighted by Crippen LogP contribution is -2.40. The molecule has 0 radical (unpaired) electrons. The Kier molecular flexibility index (Phi) is 5.14. The van der Waals surface area contributed by atoms with Gasteiger partial charge in [-0.3, -0.25) is 4.79 Å². The lowest BCUT2D eigenvalue weighted by Gasteiger charge is -2.26. The van der Waals surface area contributed by atoms with Crippen LogP contribution in [0.3, 0.4) is 0 Å². The Hall–Kier alpha value is -1.64. The number of carbonyl (C=O) groups excluding carboxylic acids is 1. The fourth-order valence-corrected chi connectivity index (χ4v) is 5.88. The summed E-state index contributed by atoms with van der Waals surface area (Å²) in [5, 5.41) is 0.